The molecule has 6 nitrogen and oxygen atoms in total. The highest BCUT2D eigenvalue weighted by Crippen LogP contribution is 2.22. The Bertz CT molecular complexity index is 631. The second-order valence-electron chi connectivity index (χ2n) is 3.83. The van der Waals surface area contributed by atoms with Gasteiger partial charge in [0.05, 0.1) is 17.4 Å². The van der Waals surface area contributed by atoms with Crippen molar-refractivity contribution >= 4 is 26.8 Å². The van der Waals surface area contributed by atoms with Crippen LogP contribution >= 0.6 is 0 Å². The molecule has 0 spiro atoms. The Labute approximate surface area is 106 Å². The summed E-state index contributed by atoms with van der Waals surface area (Å²) in [6.45, 7) is 4.49. The molecular formula is C11H16N4O2S. The van der Waals surface area contributed by atoms with Crippen LogP contribution < -0.4 is 4.72 Å². The Hall–Kier alpha value is -1.60. The smallest absolute Gasteiger partial charge is 0.278 e. The molecule has 0 amide bonds. The largest absolute Gasteiger partial charge is 0.301 e. The van der Waals surface area contributed by atoms with Crippen molar-refractivity contribution in [3.8, 4) is 0 Å². The van der Waals surface area contributed by atoms with Crippen molar-refractivity contribution in [2.45, 2.75) is 13.8 Å². The molecule has 0 saturated carbocycles. The second kappa shape index (κ2) is 4.95. The quantitative estimate of drug-likeness (QED) is 0.863. The van der Waals surface area contributed by atoms with Gasteiger partial charge in [-0.3, -0.25) is 9.82 Å². The average molecular weight is 268 g/mol. The molecule has 0 saturated heterocycles. The monoisotopic (exact) mass is 268 g/mol. The van der Waals surface area contributed by atoms with Crippen LogP contribution in [0.4, 0.5) is 5.69 Å². The highest BCUT2D eigenvalue weighted by Gasteiger charge is 2.19. The number of benzene rings is 1. The van der Waals surface area contributed by atoms with Crippen molar-refractivity contribution in [3.63, 3.8) is 0 Å². The SMILES string of the molecule is CCN(CC)S(=O)(=O)Nc1cccc2[nH]ncc12. The number of rotatable bonds is 5. The number of nitrogens with zero attached hydrogens (tertiary/aromatic N) is 2. The fourth-order valence-electron chi connectivity index (χ4n) is 1.82. The minimum Gasteiger partial charge on any atom is -0.278 e. The first kappa shape index (κ1) is 12.8. The molecule has 0 aliphatic carbocycles. The van der Waals surface area contributed by atoms with Crippen molar-refractivity contribution < 1.29 is 8.42 Å². The molecule has 7 heteroatoms. The highest BCUT2D eigenvalue weighted by molar-refractivity contribution is 7.90. The number of aromatic amines is 1. The molecule has 0 aliphatic rings. The van der Waals surface area contributed by atoms with Crippen LogP contribution in [0.1, 0.15) is 13.8 Å². The molecule has 0 aliphatic heterocycles. The molecule has 0 unspecified atom stereocenters. The summed E-state index contributed by atoms with van der Waals surface area (Å²) in [5.41, 5.74) is 1.34. The Morgan fingerprint density at radius 1 is 1.33 bits per heavy atom. The maximum Gasteiger partial charge on any atom is 0.301 e. The van der Waals surface area contributed by atoms with E-state index in [9.17, 15) is 8.42 Å². The molecule has 2 N–H and O–H groups in total. The molecule has 1 aromatic carbocycles. The highest BCUT2D eigenvalue weighted by atomic mass is 32.2. The normalized spacial score (nSPS) is 12.2. The van der Waals surface area contributed by atoms with Crippen molar-refractivity contribution in [2.75, 3.05) is 17.8 Å². The van der Waals surface area contributed by atoms with Crippen LogP contribution in [0.15, 0.2) is 24.4 Å². The topological polar surface area (TPSA) is 78.1 Å². The Balaban J connectivity index is 2.37. The van der Waals surface area contributed by atoms with Crippen molar-refractivity contribution in [1.82, 2.24) is 14.5 Å². The summed E-state index contributed by atoms with van der Waals surface area (Å²) in [4.78, 5) is 0. The first-order chi connectivity index (χ1) is 8.58. The lowest BCUT2D eigenvalue weighted by Gasteiger charge is -2.19. The maximum atomic E-state index is 12.1. The maximum absolute atomic E-state index is 12.1. The molecule has 0 fully saturated rings. The molecule has 0 bridgehead atoms. The van der Waals surface area contributed by atoms with Gasteiger partial charge in [-0.1, -0.05) is 19.9 Å². The molecule has 0 atom stereocenters. The number of anilines is 1. The fraction of sp³-hybridized carbons (Fsp3) is 0.364. The minimum absolute atomic E-state index is 0.438. The Morgan fingerprint density at radius 2 is 2.06 bits per heavy atom. The van der Waals surface area contributed by atoms with Gasteiger partial charge in [-0.05, 0) is 12.1 Å². The predicted octanol–water partition coefficient (Wildman–Crippen LogP) is 1.56. The van der Waals surface area contributed by atoms with E-state index in [1.54, 1.807) is 32.2 Å². The van der Waals surface area contributed by atoms with E-state index in [0.29, 0.717) is 18.8 Å². The van der Waals surface area contributed by atoms with E-state index >= 15 is 0 Å². The van der Waals surface area contributed by atoms with Gasteiger partial charge in [0.15, 0.2) is 0 Å². The van der Waals surface area contributed by atoms with Gasteiger partial charge in [0, 0.05) is 18.5 Å². The third-order valence-electron chi connectivity index (χ3n) is 2.77. The summed E-state index contributed by atoms with van der Waals surface area (Å²) in [6.07, 6.45) is 1.61. The summed E-state index contributed by atoms with van der Waals surface area (Å²) < 4.78 is 28.2. The number of hydrogen-bond acceptors (Lipinski definition) is 3. The molecule has 0 radical (unpaired) electrons. The van der Waals surface area contributed by atoms with Crippen LogP contribution in [-0.2, 0) is 10.2 Å². The lowest BCUT2D eigenvalue weighted by atomic mass is 10.2. The molecule has 1 heterocycles. The summed E-state index contributed by atoms with van der Waals surface area (Å²) in [6, 6.07) is 5.34. The zero-order valence-corrected chi connectivity index (χ0v) is 11.2. The Kier molecular flexibility index (Phi) is 3.53. The molecule has 18 heavy (non-hydrogen) atoms. The van der Waals surface area contributed by atoms with Crippen LogP contribution in [0.3, 0.4) is 0 Å². The molecule has 98 valence electrons. The van der Waals surface area contributed by atoms with Crippen LogP contribution in [0, 0.1) is 0 Å². The van der Waals surface area contributed by atoms with Crippen LogP contribution in [0.25, 0.3) is 10.9 Å². The van der Waals surface area contributed by atoms with Crippen molar-refractivity contribution in [1.29, 1.82) is 0 Å². The third-order valence-corrected chi connectivity index (χ3v) is 4.44. The van der Waals surface area contributed by atoms with Gasteiger partial charge in [-0.15, -0.1) is 0 Å². The molecule has 2 rings (SSSR count). The standard InChI is InChI=1S/C11H16N4O2S/c1-3-15(4-2)18(16,17)14-11-7-5-6-10-9(11)8-12-13-10/h5-8,14H,3-4H2,1-2H3,(H,12,13). The number of H-pyrrole nitrogens is 1. The van der Waals surface area contributed by atoms with Gasteiger partial charge < -0.3 is 0 Å². The van der Waals surface area contributed by atoms with Gasteiger partial charge in [0.1, 0.15) is 0 Å². The summed E-state index contributed by atoms with van der Waals surface area (Å²) in [7, 11) is -3.50. The summed E-state index contributed by atoms with van der Waals surface area (Å²) in [5.74, 6) is 0. The van der Waals surface area contributed by atoms with Crippen LogP contribution in [0.5, 0.6) is 0 Å². The van der Waals surface area contributed by atoms with Gasteiger partial charge in [-0.2, -0.15) is 17.8 Å². The van der Waals surface area contributed by atoms with Crippen molar-refractivity contribution in [2.24, 2.45) is 0 Å². The number of aromatic nitrogens is 2. The number of nitrogens with one attached hydrogen (secondary N) is 2. The minimum atomic E-state index is -3.50. The second-order valence-corrected chi connectivity index (χ2v) is 5.50. The van der Waals surface area contributed by atoms with Gasteiger partial charge in [0.2, 0.25) is 0 Å². The zero-order chi connectivity index (χ0) is 13.2. The predicted molar refractivity (Wildman–Crippen MR) is 71.6 cm³/mol. The molecular weight excluding hydrogens is 252 g/mol. The van der Waals surface area contributed by atoms with E-state index < -0.39 is 10.2 Å². The lowest BCUT2D eigenvalue weighted by Crippen LogP contribution is -2.35. The first-order valence-electron chi connectivity index (χ1n) is 5.78. The van der Waals surface area contributed by atoms with E-state index in [1.807, 2.05) is 6.07 Å². The van der Waals surface area contributed by atoms with Crippen LogP contribution in [-0.4, -0.2) is 36.0 Å². The van der Waals surface area contributed by atoms with E-state index in [2.05, 4.69) is 14.9 Å². The van der Waals surface area contributed by atoms with Gasteiger partial charge in [0.25, 0.3) is 0 Å². The molecule has 1 aromatic heterocycles. The zero-order valence-electron chi connectivity index (χ0n) is 10.3. The van der Waals surface area contributed by atoms with Crippen LogP contribution in [0.2, 0.25) is 0 Å². The number of hydrogen-bond donors (Lipinski definition) is 2. The third kappa shape index (κ3) is 2.32. The van der Waals surface area contributed by atoms with Gasteiger partial charge >= 0.3 is 10.2 Å². The lowest BCUT2D eigenvalue weighted by molar-refractivity contribution is 0.449. The Morgan fingerprint density at radius 3 is 2.72 bits per heavy atom. The first-order valence-corrected chi connectivity index (χ1v) is 7.22. The van der Waals surface area contributed by atoms with Gasteiger partial charge in [-0.25, -0.2) is 0 Å². The van der Waals surface area contributed by atoms with E-state index in [1.165, 1.54) is 4.31 Å². The van der Waals surface area contributed by atoms with E-state index in [0.717, 1.165) is 10.9 Å². The summed E-state index contributed by atoms with van der Waals surface area (Å²) in [5, 5.41) is 7.47. The number of fused-ring (bicyclic) bond motifs is 1. The average Bonchev–Trinajstić information content (AvgIpc) is 2.79. The molecule has 2 aromatic rings. The van der Waals surface area contributed by atoms with E-state index in [-0.39, 0.29) is 0 Å². The van der Waals surface area contributed by atoms with Crippen molar-refractivity contribution in [3.05, 3.63) is 24.4 Å². The van der Waals surface area contributed by atoms with E-state index in [4.69, 9.17) is 0 Å². The fourth-order valence-corrected chi connectivity index (χ4v) is 3.09. The summed E-state index contributed by atoms with van der Waals surface area (Å²) >= 11 is 0.